The maximum Gasteiger partial charge on any atom is 0.0540 e. The lowest BCUT2D eigenvalue weighted by Gasteiger charge is -2.30. The minimum atomic E-state index is -0.0691. The molecule has 0 N–H and O–H groups in total. The highest BCUT2D eigenvalue weighted by molar-refractivity contribution is 6.12. The summed E-state index contributed by atoms with van der Waals surface area (Å²) in [4.78, 5) is 2.48. The quantitative estimate of drug-likeness (QED) is 0.138. The highest BCUT2D eigenvalue weighted by Crippen LogP contribution is 2.52. The fraction of sp³-hybridized carbons (Fsp3) is 0.0462. The number of para-hydroxylation sites is 2. The third-order valence-electron chi connectivity index (χ3n) is 13.9. The molecule has 0 saturated heterocycles. The molecule has 1 heteroatoms. The molecule has 0 atom stereocenters. The largest absolute Gasteiger partial charge is 0.309 e. The molecule has 11 aromatic carbocycles. The summed E-state index contributed by atoms with van der Waals surface area (Å²) in [6.45, 7) is 4.70. The van der Waals surface area contributed by atoms with Gasteiger partial charge in [-0.05, 0) is 119 Å². The Morgan fingerprint density at radius 2 is 0.773 bits per heavy atom. The van der Waals surface area contributed by atoms with Gasteiger partial charge in [0.05, 0.1) is 11.4 Å². The van der Waals surface area contributed by atoms with Crippen molar-refractivity contribution in [1.29, 1.82) is 0 Å². The Bertz CT molecular complexity index is 3620. The number of hydrogen-bond acceptors (Lipinski definition) is 1. The first-order chi connectivity index (χ1) is 32.5. The van der Waals surface area contributed by atoms with Crippen LogP contribution in [0.15, 0.2) is 249 Å². The van der Waals surface area contributed by atoms with Gasteiger partial charge in [0.2, 0.25) is 0 Å². The van der Waals surface area contributed by atoms with E-state index in [2.05, 4.69) is 267 Å². The van der Waals surface area contributed by atoms with E-state index in [1.165, 1.54) is 93.9 Å². The molecule has 11 aromatic rings. The average molecular weight is 842 g/mol. The van der Waals surface area contributed by atoms with Crippen molar-refractivity contribution in [2.45, 2.75) is 19.3 Å². The van der Waals surface area contributed by atoms with Gasteiger partial charge >= 0.3 is 0 Å². The molecule has 1 aliphatic carbocycles. The van der Waals surface area contributed by atoms with Crippen molar-refractivity contribution in [1.82, 2.24) is 0 Å². The van der Waals surface area contributed by atoms with Crippen LogP contribution in [-0.2, 0) is 5.41 Å². The monoisotopic (exact) mass is 841 g/mol. The SMILES string of the molecule is CC1(C)c2ccccc2-c2cc(-c3ccccc3N(c3ccc(-c4cccc5c4ccc4ccccc45)cc3)c3ccccc3-c3ccccc3-c3ccccc3-c3ccccc3)ccc21. The highest BCUT2D eigenvalue weighted by atomic mass is 15.1. The molecule has 0 spiro atoms. The van der Waals surface area contributed by atoms with Crippen LogP contribution in [0.4, 0.5) is 17.1 Å². The molecule has 0 heterocycles. The van der Waals surface area contributed by atoms with Crippen LogP contribution < -0.4 is 4.90 Å². The van der Waals surface area contributed by atoms with Gasteiger partial charge in [0.15, 0.2) is 0 Å². The standard InChI is InChI=1S/C65H47N/c1-65(2)61-32-15-12-28-58(61)60-43-47(38-42-62(60)65)52-24-13-16-33-63(52)66(48-39-35-46(36-40-48)51-30-18-31-54-50-22-7-6-21-45(50)37-41-57(51)54)64-34-17-14-29-59(64)56-27-11-10-26-55(56)53-25-9-8-23-49(53)44-19-4-3-5-20-44/h3-43H,1-2H3. The Labute approximate surface area is 387 Å². The molecular weight excluding hydrogens is 795 g/mol. The maximum atomic E-state index is 2.48. The Balaban J connectivity index is 1.05. The van der Waals surface area contributed by atoms with Crippen LogP contribution in [0.5, 0.6) is 0 Å². The van der Waals surface area contributed by atoms with Crippen LogP contribution in [0.3, 0.4) is 0 Å². The predicted molar refractivity (Wildman–Crippen MR) is 281 cm³/mol. The summed E-state index contributed by atoms with van der Waals surface area (Å²) in [6.07, 6.45) is 0. The van der Waals surface area contributed by atoms with Crippen molar-refractivity contribution < 1.29 is 0 Å². The van der Waals surface area contributed by atoms with Crippen molar-refractivity contribution >= 4 is 38.6 Å². The van der Waals surface area contributed by atoms with Crippen molar-refractivity contribution in [3.05, 3.63) is 260 Å². The van der Waals surface area contributed by atoms with Gasteiger partial charge in [-0.1, -0.05) is 232 Å². The van der Waals surface area contributed by atoms with E-state index in [0.29, 0.717) is 0 Å². The van der Waals surface area contributed by atoms with Gasteiger partial charge in [0.1, 0.15) is 0 Å². The van der Waals surface area contributed by atoms with E-state index >= 15 is 0 Å². The molecule has 66 heavy (non-hydrogen) atoms. The number of fused-ring (bicyclic) bond motifs is 6. The van der Waals surface area contributed by atoms with E-state index in [9.17, 15) is 0 Å². The second-order valence-electron chi connectivity index (χ2n) is 18.0. The molecule has 0 bridgehead atoms. The zero-order valence-corrected chi connectivity index (χ0v) is 37.1. The molecule has 1 aliphatic rings. The number of anilines is 3. The Morgan fingerprint density at radius 3 is 1.53 bits per heavy atom. The Morgan fingerprint density at radius 1 is 0.273 bits per heavy atom. The lowest BCUT2D eigenvalue weighted by Crippen LogP contribution is -2.14. The van der Waals surface area contributed by atoms with Crippen LogP contribution in [-0.4, -0.2) is 0 Å². The predicted octanol–water partition coefficient (Wildman–Crippen LogP) is 18.1. The number of nitrogens with zero attached hydrogens (tertiary/aromatic N) is 1. The summed E-state index contributed by atoms with van der Waals surface area (Å²) < 4.78 is 0. The van der Waals surface area contributed by atoms with E-state index in [1.54, 1.807) is 0 Å². The van der Waals surface area contributed by atoms with Crippen molar-refractivity contribution in [3.63, 3.8) is 0 Å². The third kappa shape index (κ3) is 6.55. The molecule has 0 unspecified atom stereocenters. The summed E-state index contributed by atoms with van der Waals surface area (Å²) in [6, 6.07) is 91.5. The van der Waals surface area contributed by atoms with Gasteiger partial charge in [-0.2, -0.15) is 0 Å². The first-order valence-corrected chi connectivity index (χ1v) is 23.0. The Kier molecular flexibility index (Phi) is 9.58. The van der Waals surface area contributed by atoms with E-state index in [1.807, 2.05) is 0 Å². The topological polar surface area (TPSA) is 3.24 Å². The van der Waals surface area contributed by atoms with E-state index in [-0.39, 0.29) is 5.41 Å². The van der Waals surface area contributed by atoms with E-state index < -0.39 is 0 Å². The van der Waals surface area contributed by atoms with Crippen LogP contribution >= 0.6 is 0 Å². The van der Waals surface area contributed by atoms with Crippen LogP contribution in [0.1, 0.15) is 25.0 Å². The van der Waals surface area contributed by atoms with Gasteiger partial charge in [0.25, 0.3) is 0 Å². The minimum absolute atomic E-state index is 0.0691. The maximum absolute atomic E-state index is 2.48. The molecular formula is C65H47N. The Hall–Kier alpha value is -8.26. The smallest absolute Gasteiger partial charge is 0.0540 e. The fourth-order valence-corrected chi connectivity index (χ4v) is 10.7. The zero-order chi connectivity index (χ0) is 44.2. The van der Waals surface area contributed by atoms with Crippen molar-refractivity contribution in [3.8, 4) is 66.8 Å². The molecule has 0 aliphatic heterocycles. The molecule has 0 amide bonds. The number of rotatable bonds is 8. The average Bonchev–Trinajstić information content (AvgIpc) is 3.62. The first kappa shape index (κ1) is 39.3. The highest BCUT2D eigenvalue weighted by Gasteiger charge is 2.35. The zero-order valence-electron chi connectivity index (χ0n) is 37.1. The van der Waals surface area contributed by atoms with Gasteiger partial charge < -0.3 is 4.90 Å². The van der Waals surface area contributed by atoms with E-state index in [4.69, 9.17) is 0 Å². The summed E-state index contributed by atoms with van der Waals surface area (Å²) in [5, 5.41) is 5.06. The van der Waals surface area contributed by atoms with Crippen LogP contribution in [0.25, 0.3) is 88.3 Å². The molecule has 1 nitrogen and oxygen atoms in total. The fourth-order valence-electron chi connectivity index (χ4n) is 10.7. The minimum Gasteiger partial charge on any atom is -0.309 e. The lowest BCUT2D eigenvalue weighted by molar-refractivity contribution is 0.660. The molecule has 0 saturated carbocycles. The number of hydrogen-bond donors (Lipinski definition) is 0. The van der Waals surface area contributed by atoms with Crippen molar-refractivity contribution in [2.24, 2.45) is 0 Å². The van der Waals surface area contributed by atoms with Crippen molar-refractivity contribution in [2.75, 3.05) is 4.90 Å². The second-order valence-corrected chi connectivity index (χ2v) is 18.0. The molecule has 312 valence electrons. The molecule has 12 rings (SSSR count). The van der Waals surface area contributed by atoms with E-state index in [0.717, 1.165) is 22.6 Å². The summed E-state index contributed by atoms with van der Waals surface area (Å²) in [7, 11) is 0. The second kappa shape index (κ2) is 16.1. The normalized spacial score (nSPS) is 12.5. The molecule has 0 radical (unpaired) electrons. The van der Waals surface area contributed by atoms with Crippen LogP contribution in [0, 0.1) is 0 Å². The van der Waals surface area contributed by atoms with Gasteiger partial charge in [-0.3, -0.25) is 0 Å². The third-order valence-corrected chi connectivity index (χ3v) is 13.9. The summed E-state index contributed by atoms with van der Waals surface area (Å²) >= 11 is 0. The van der Waals surface area contributed by atoms with Gasteiger partial charge in [0, 0.05) is 22.2 Å². The summed E-state index contributed by atoms with van der Waals surface area (Å²) in [5.74, 6) is 0. The van der Waals surface area contributed by atoms with Gasteiger partial charge in [-0.15, -0.1) is 0 Å². The molecule has 0 fully saturated rings. The summed E-state index contributed by atoms with van der Waals surface area (Å²) in [5.41, 5.74) is 20.5. The van der Waals surface area contributed by atoms with Gasteiger partial charge in [-0.25, -0.2) is 0 Å². The molecule has 0 aromatic heterocycles. The first-order valence-electron chi connectivity index (χ1n) is 23.0. The van der Waals surface area contributed by atoms with Crippen LogP contribution in [0.2, 0.25) is 0 Å². The number of benzene rings is 11. The lowest BCUT2D eigenvalue weighted by atomic mass is 9.82.